The summed E-state index contributed by atoms with van der Waals surface area (Å²) in [5.41, 5.74) is 3.80. The fraction of sp³-hybridized carbons (Fsp3) is 0.300. The fourth-order valence-electron chi connectivity index (χ4n) is 2.74. The van der Waals surface area contributed by atoms with Gasteiger partial charge in [0.15, 0.2) is 11.5 Å². The molecule has 2 aromatic rings. The highest BCUT2D eigenvalue weighted by molar-refractivity contribution is 5.95. The van der Waals surface area contributed by atoms with Crippen molar-refractivity contribution in [2.45, 2.75) is 27.3 Å². The van der Waals surface area contributed by atoms with Crippen molar-refractivity contribution in [2.24, 2.45) is 0 Å². The number of hydrogen-bond acceptors (Lipinski definition) is 4. The Morgan fingerprint density at radius 1 is 1.15 bits per heavy atom. The Labute approximate surface area is 158 Å². The topological polar surface area (TPSA) is 90.9 Å². The lowest BCUT2D eigenvalue weighted by molar-refractivity contribution is -0.114. The Morgan fingerprint density at radius 2 is 1.85 bits per heavy atom. The molecule has 0 aliphatic carbocycles. The van der Waals surface area contributed by atoms with Gasteiger partial charge in [-0.05, 0) is 48.7 Å². The Morgan fingerprint density at radius 3 is 2.44 bits per heavy atom. The number of carbonyl (C=O) groups excluding carboxylic acids is 2. The van der Waals surface area contributed by atoms with Crippen LogP contribution in [-0.2, 0) is 11.3 Å². The predicted molar refractivity (Wildman–Crippen MR) is 105 cm³/mol. The Bertz CT molecular complexity index is 865. The maximum absolute atomic E-state index is 12.5. The SMILES string of the molecule is COc1ccc(CN(C)C(=O)Nc2ccc(C)c(NC(C)=O)c2C)cc1O. The van der Waals surface area contributed by atoms with Crippen LogP contribution in [0.1, 0.15) is 23.6 Å². The quantitative estimate of drug-likeness (QED) is 0.748. The van der Waals surface area contributed by atoms with Gasteiger partial charge in [0, 0.05) is 31.9 Å². The molecule has 3 amide bonds. The summed E-state index contributed by atoms with van der Waals surface area (Å²) in [4.78, 5) is 25.4. The second kappa shape index (κ2) is 8.44. The maximum atomic E-state index is 12.5. The molecule has 0 aliphatic heterocycles. The smallest absolute Gasteiger partial charge is 0.321 e. The first-order valence-corrected chi connectivity index (χ1v) is 8.48. The van der Waals surface area contributed by atoms with Crippen molar-refractivity contribution in [1.29, 1.82) is 0 Å². The molecule has 2 aromatic carbocycles. The molecule has 3 N–H and O–H groups in total. The van der Waals surface area contributed by atoms with E-state index in [2.05, 4.69) is 10.6 Å². The molecule has 0 radical (unpaired) electrons. The summed E-state index contributed by atoms with van der Waals surface area (Å²) in [6.07, 6.45) is 0. The van der Waals surface area contributed by atoms with E-state index in [-0.39, 0.29) is 17.7 Å². The Kier molecular flexibility index (Phi) is 6.28. The number of hydrogen-bond donors (Lipinski definition) is 3. The minimum atomic E-state index is -0.300. The van der Waals surface area contributed by atoms with Crippen LogP contribution >= 0.6 is 0 Å². The van der Waals surface area contributed by atoms with Gasteiger partial charge in [0.1, 0.15) is 0 Å². The highest BCUT2D eigenvalue weighted by atomic mass is 16.5. The van der Waals surface area contributed by atoms with Gasteiger partial charge >= 0.3 is 6.03 Å². The minimum Gasteiger partial charge on any atom is -0.504 e. The predicted octanol–water partition coefficient (Wildman–Crippen LogP) is 3.64. The molecule has 7 heteroatoms. The van der Waals surface area contributed by atoms with Gasteiger partial charge in [0.2, 0.25) is 5.91 Å². The third-order valence-electron chi connectivity index (χ3n) is 4.23. The number of methoxy groups -OCH3 is 1. The van der Waals surface area contributed by atoms with Crippen molar-refractivity contribution in [3.8, 4) is 11.5 Å². The zero-order chi connectivity index (χ0) is 20.1. The average molecular weight is 371 g/mol. The fourth-order valence-corrected chi connectivity index (χ4v) is 2.74. The lowest BCUT2D eigenvalue weighted by Crippen LogP contribution is -2.31. The number of rotatable bonds is 5. The van der Waals surface area contributed by atoms with Crippen molar-refractivity contribution < 1.29 is 19.4 Å². The number of ether oxygens (including phenoxy) is 1. The number of phenolic OH excluding ortho intramolecular Hbond substituents is 1. The van der Waals surface area contributed by atoms with Crippen LogP contribution in [0.3, 0.4) is 0 Å². The molecule has 144 valence electrons. The lowest BCUT2D eigenvalue weighted by Gasteiger charge is -2.21. The minimum absolute atomic E-state index is 0.0261. The number of benzene rings is 2. The molecule has 7 nitrogen and oxygen atoms in total. The molecule has 0 saturated heterocycles. The molecule has 0 bridgehead atoms. The molecular weight excluding hydrogens is 346 g/mol. The lowest BCUT2D eigenvalue weighted by atomic mass is 10.1. The molecule has 0 saturated carbocycles. The summed E-state index contributed by atoms with van der Waals surface area (Å²) in [7, 11) is 3.14. The standard InChI is InChI=1S/C20H25N3O4/c1-12-6-8-16(13(2)19(12)21-14(3)24)22-20(26)23(4)11-15-7-9-18(27-5)17(25)10-15/h6-10,25H,11H2,1-5H3,(H,21,24)(H,22,26). The van der Waals surface area contributed by atoms with Crippen LogP contribution in [0, 0.1) is 13.8 Å². The molecule has 0 heterocycles. The first-order valence-electron chi connectivity index (χ1n) is 8.48. The van der Waals surface area contributed by atoms with Gasteiger partial charge in [-0.3, -0.25) is 4.79 Å². The summed E-state index contributed by atoms with van der Waals surface area (Å²) in [6, 6.07) is 8.35. The van der Waals surface area contributed by atoms with Gasteiger partial charge in [-0.2, -0.15) is 0 Å². The number of nitrogens with one attached hydrogen (secondary N) is 2. The van der Waals surface area contributed by atoms with Crippen LogP contribution in [0.15, 0.2) is 30.3 Å². The van der Waals surface area contributed by atoms with Gasteiger partial charge in [-0.25, -0.2) is 4.79 Å². The van der Waals surface area contributed by atoms with Gasteiger partial charge in [0.25, 0.3) is 0 Å². The van der Waals surface area contributed by atoms with Crippen molar-refractivity contribution in [3.63, 3.8) is 0 Å². The summed E-state index contributed by atoms with van der Waals surface area (Å²) in [5.74, 6) is 0.242. The normalized spacial score (nSPS) is 10.3. The zero-order valence-corrected chi connectivity index (χ0v) is 16.2. The van der Waals surface area contributed by atoms with Gasteiger partial charge in [-0.1, -0.05) is 12.1 Å². The van der Waals surface area contributed by atoms with Crippen LogP contribution in [0.5, 0.6) is 11.5 Å². The number of anilines is 2. The first kappa shape index (κ1) is 20.1. The van der Waals surface area contributed by atoms with E-state index in [1.165, 1.54) is 18.9 Å². The molecule has 0 atom stereocenters. The number of aryl methyl sites for hydroxylation is 1. The number of amides is 3. The van der Waals surface area contributed by atoms with Crippen molar-refractivity contribution in [2.75, 3.05) is 24.8 Å². The average Bonchev–Trinajstić information content (AvgIpc) is 2.61. The van der Waals surface area contributed by atoms with Gasteiger partial charge in [-0.15, -0.1) is 0 Å². The van der Waals surface area contributed by atoms with E-state index in [1.807, 2.05) is 19.9 Å². The van der Waals surface area contributed by atoms with E-state index >= 15 is 0 Å². The molecule has 0 aliphatic rings. The zero-order valence-electron chi connectivity index (χ0n) is 16.2. The first-order chi connectivity index (χ1) is 12.7. The summed E-state index contributed by atoms with van der Waals surface area (Å²) in [6.45, 7) is 5.50. The highest BCUT2D eigenvalue weighted by Crippen LogP contribution is 2.28. The second-order valence-electron chi connectivity index (χ2n) is 6.40. The molecule has 2 rings (SSSR count). The van der Waals surface area contributed by atoms with Crippen LogP contribution in [0.4, 0.5) is 16.2 Å². The Balaban J connectivity index is 2.12. The van der Waals surface area contributed by atoms with Crippen LogP contribution in [0.25, 0.3) is 0 Å². The molecular formula is C20H25N3O4. The van der Waals surface area contributed by atoms with E-state index in [4.69, 9.17) is 4.74 Å². The number of carbonyl (C=O) groups is 2. The van der Waals surface area contributed by atoms with E-state index in [1.54, 1.807) is 31.3 Å². The number of urea groups is 1. The van der Waals surface area contributed by atoms with Crippen LogP contribution in [-0.4, -0.2) is 36.1 Å². The van der Waals surface area contributed by atoms with E-state index in [9.17, 15) is 14.7 Å². The van der Waals surface area contributed by atoms with E-state index in [0.29, 0.717) is 23.7 Å². The number of nitrogens with zero attached hydrogens (tertiary/aromatic N) is 1. The molecule has 0 fully saturated rings. The number of phenols is 1. The summed E-state index contributed by atoms with van der Waals surface area (Å²) < 4.78 is 5.02. The van der Waals surface area contributed by atoms with Crippen LogP contribution < -0.4 is 15.4 Å². The highest BCUT2D eigenvalue weighted by Gasteiger charge is 2.14. The van der Waals surface area contributed by atoms with Crippen molar-refractivity contribution in [1.82, 2.24) is 4.90 Å². The second-order valence-corrected chi connectivity index (χ2v) is 6.40. The van der Waals surface area contributed by atoms with Gasteiger partial charge in [0.05, 0.1) is 7.11 Å². The van der Waals surface area contributed by atoms with Crippen molar-refractivity contribution in [3.05, 3.63) is 47.0 Å². The Hall–Kier alpha value is -3.22. The molecule has 27 heavy (non-hydrogen) atoms. The number of aromatic hydroxyl groups is 1. The summed E-state index contributed by atoms with van der Waals surface area (Å²) in [5, 5.41) is 15.5. The molecule has 0 unspecified atom stereocenters. The van der Waals surface area contributed by atoms with E-state index < -0.39 is 0 Å². The van der Waals surface area contributed by atoms with Gasteiger partial charge < -0.3 is 25.4 Å². The summed E-state index contributed by atoms with van der Waals surface area (Å²) >= 11 is 0. The van der Waals surface area contributed by atoms with E-state index in [0.717, 1.165) is 16.7 Å². The third kappa shape index (κ3) is 4.91. The van der Waals surface area contributed by atoms with Crippen LogP contribution in [0.2, 0.25) is 0 Å². The molecule has 0 aromatic heterocycles. The molecule has 0 spiro atoms. The third-order valence-corrected chi connectivity index (χ3v) is 4.23. The monoisotopic (exact) mass is 371 g/mol. The van der Waals surface area contributed by atoms with Crippen molar-refractivity contribution >= 4 is 23.3 Å². The maximum Gasteiger partial charge on any atom is 0.321 e. The largest absolute Gasteiger partial charge is 0.504 e.